The SMILES string of the molecule is O=C1CC(c2ccc(Cl)cc2)c2ncn(-c3cccnc3)c2N1. The minimum absolute atomic E-state index is 0.0249. The molecular weight excluding hydrogens is 312 g/mol. The van der Waals surface area contributed by atoms with Gasteiger partial charge in [0.2, 0.25) is 5.91 Å². The molecule has 0 saturated carbocycles. The number of carbonyl (C=O) groups excluding carboxylic acids is 1. The summed E-state index contributed by atoms with van der Waals surface area (Å²) in [5.74, 6) is 0.603. The fourth-order valence-corrected chi connectivity index (χ4v) is 3.00. The molecule has 0 bridgehead atoms. The van der Waals surface area contributed by atoms with E-state index in [1.165, 1.54) is 0 Å². The molecule has 0 spiro atoms. The quantitative estimate of drug-likeness (QED) is 0.786. The van der Waals surface area contributed by atoms with Crippen LogP contribution in [0.4, 0.5) is 5.82 Å². The predicted octanol–water partition coefficient (Wildman–Crippen LogP) is 3.39. The number of nitrogens with one attached hydrogen (secondary N) is 1. The molecule has 0 aliphatic carbocycles. The number of nitrogens with zero attached hydrogens (tertiary/aromatic N) is 3. The Hall–Kier alpha value is -2.66. The number of hydrogen-bond acceptors (Lipinski definition) is 3. The Bertz CT molecular complexity index is 858. The van der Waals surface area contributed by atoms with Crippen LogP contribution in [0.3, 0.4) is 0 Å². The van der Waals surface area contributed by atoms with Crippen LogP contribution in [0.15, 0.2) is 55.1 Å². The van der Waals surface area contributed by atoms with Crippen LogP contribution in [0.5, 0.6) is 0 Å². The van der Waals surface area contributed by atoms with E-state index in [0.29, 0.717) is 17.3 Å². The largest absolute Gasteiger partial charge is 0.310 e. The lowest BCUT2D eigenvalue weighted by Gasteiger charge is -2.23. The summed E-state index contributed by atoms with van der Waals surface area (Å²) in [4.78, 5) is 20.8. The van der Waals surface area contributed by atoms with Crippen LogP contribution >= 0.6 is 11.6 Å². The second-order valence-electron chi connectivity index (χ2n) is 5.42. The molecule has 3 heterocycles. The van der Waals surface area contributed by atoms with E-state index in [9.17, 15) is 4.79 Å². The smallest absolute Gasteiger partial charge is 0.226 e. The highest BCUT2D eigenvalue weighted by Gasteiger charge is 2.30. The fourth-order valence-electron chi connectivity index (χ4n) is 2.87. The minimum Gasteiger partial charge on any atom is -0.310 e. The van der Waals surface area contributed by atoms with Gasteiger partial charge in [0.25, 0.3) is 0 Å². The van der Waals surface area contributed by atoms with Crippen molar-refractivity contribution in [3.8, 4) is 5.69 Å². The Morgan fingerprint density at radius 3 is 2.78 bits per heavy atom. The van der Waals surface area contributed by atoms with E-state index in [-0.39, 0.29) is 11.8 Å². The first kappa shape index (κ1) is 14.0. The summed E-state index contributed by atoms with van der Waals surface area (Å²) in [7, 11) is 0. The van der Waals surface area contributed by atoms with E-state index >= 15 is 0 Å². The first-order valence-electron chi connectivity index (χ1n) is 7.25. The number of hydrogen-bond donors (Lipinski definition) is 1. The van der Waals surface area contributed by atoms with Crippen LogP contribution in [0, 0.1) is 0 Å². The summed E-state index contributed by atoms with van der Waals surface area (Å²) in [6, 6.07) is 11.3. The molecule has 1 unspecified atom stereocenters. The monoisotopic (exact) mass is 324 g/mol. The molecule has 1 N–H and O–H groups in total. The molecule has 1 aromatic carbocycles. The third kappa shape index (κ3) is 2.49. The van der Waals surface area contributed by atoms with E-state index in [0.717, 1.165) is 16.9 Å². The third-order valence-corrected chi connectivity index (χ3v) is 4.22. The van der Waals surface area contributed by atoms with Crippen LogP contribution in [0.2, 0.25) is 5.02 Å². The van der Waals surface area contributed by atoms with Crippen LogP contribution in [-0.4, -0.2) is 20.4 Å². The topological polar surface area (TPSA) is 59.8 Å². The maximum absolute atomic E-state index is 12.2. The Balaban J connectivity index is 1.81. The number of pyridine rings is 1. The van der Waals surface area contributed by atoms with Crippen molar-refractivity contribution in [2.75, 3.05) is 5.32 Å². The number of aromatic nitrogens is 3. The van der Waals surface area contributed by atoms with Gasteiger partial charge in [-0.1, -0.05) is 23.7 Å². The van der Waals surface area contributed by atoms with Crippen LogP contribution in [0.1, 0.15) is 23.6 Å². The van der Waals surface area contributed by atoms with Crippen molar-refractivity contribution in [1.82, 2.24) is 14.5 Å². The first-order valence-corrected chi connectivity index (χ1v) is 7.63. The number of halogens is 1. The van der Waals surface area contributed by atoms with Crippen molar-refractivity contribution >= 4 is 23.3 Å². The number of anilines is 1. The van der Waals surface area contributed by atoms with E-state index in [1.807, 2.05) is 41.0 Å². The zero-order valence-corrected chi connectivity index (χ0v) is 12.9. The summed E-state index contributed by atoms with van der Waals surface area (Å²) in [5.41, 5.74) is 2.75. The van der Waals surface area contributed by atoms with Gasteiger partial charge in [0.15, 0.2) is 0 Å². The number of fused-ring (bicyclic) bond motifs is 1. The minimum atomic E-state index is -0.0751. The zero-order chi connectivity index (χ0) is 15.8. The highest BCUT2D eigenvalue weighted by Crippen LogP contribution is 2.37. The standard InChI is InChI=1S/C17H13ClN4O/c18-12-5-3-11(4-6-12)14-8-15(23)21-17-16(14)20-10-22(17)13-2-1-7-19-9-13/h1-7,9-10,14H,8H2,(H,21,23). The lowest BCUT2D eigenvalue weighted by molar-refractivity contribution is -0.116. The predicted molar refractivity (Wildman–Crippen MR) is 87.9 cm³/mol. The molecule has 0 fully saturated rings. The van der Waals surface area contributed by atoms with Crippen molar-refractivity contribution in [3.63, 3.8) is 0 Å². The number of carbonyl (C=O) groups is 1. The average molecular weight is 325 g/mol. The Labute approximate surface area is 138 Å². The van der Waals surface area contributed by atoms with Crippen LogP contribution in [0.25, 0.3) is 5.69 Å². The number of benzene rings is 1. The van der Waals surface area contributed by atoms with Gasteiger partial charge in [-0.25, -0.2) is 4.98 Å². The van der Waals surface area contributed by atoms with Gasteiger partial charge >= 0.3 is 0 Å². The molecule has 2 aromatic heterocycles. The lowest BCUT2D eigenvalue weighted by atomic mass is 9.90. The molecule has 114 valence electrons. The van der Waals surface area contributed by atoms with Gasteiger partial charge in [-0.15, -0.1) is 0 Å². The Kier molecular flexibility index (Phi) is 3.35. The van der Waals surface area contributed by atoms with Gasteiger partial charge in [-0.2, -0.15) is 0 Å². The second-order valence-corrected chi connectivity index (χ2v) is 5.85. The highest BCUT2D eigenvalue weighted by molar-refractivity contribution is 6.30. The molecule has 4 rings (SSSR count). The van der Waals surface area contributed by atoms with Crippen molar-refractivity contribution in [2.45, 2.75) is 12.3 Å². The molecule has 5 nitrogen and oxygen atoms in total. The van der Waals surface area contributed by atoms with E-state index in [1.54, 1.807) is 18.7 Å². The number of imidazole rings is 1. The van der Waals surface area contributed by atoms with E-state index in [2.05, 4.69) is 15.3 Å². The maximum Gasteiger partial charge on any atom is 0.226 e. The van der Waals surface area contributed by atoms with Gasteiger partial charge < -0.3 is 5.32 Å². The van der Waals surface area contributed by atoms with Crippen molar-refractivity contribution in [1.29, 1.82) is 0 Å². The molecule has 3 aromatic rings. The molecule has 6 heteroatoms. The summed E-state index contributed by atoms with van der Waals surface area (Å²) < 4.78 is 1.85. The van der Waals surface area contributed by atoms with Gasteiger partial charge in [-0.3, -0.25) is 14.3 Å². The van der Waals surface area contributed by atoms with Crippen LogP contribution < -0.4 is 5.32 Å². The highest BCUT2D eigenvalue weighted by atomic mass is 35.5. The summed E-state index contributed by atoms with van der Waals surface area (Å²) in [6.07, 6.45) is 5.54. The Morgan fingerprint density at radius 1 is 1.22 bits per heavy atom. The van der Waals surface area contributed by atoms with Gasteiger partial charge in [0.05, 0.1) is 17.6 Å². The molecular formula is C17H13ClN4O. The summed E-state index contributed by atoms with van der Waals surface area (Å²) >= 11 is 5.96. The normalized spacial score (nSPS) is 16.7. The fraction of sp³-hybridized carbons (Fsp3) is 0.118. The number of rotatable bonds is 2. The van der Waals surface area contributed by atoms with Crippen LogP contribution in [-0.2, 0) is 4.79 Å². The van der Waals surface area contributed by atoms with Gasteiger partial charge in [0, 0.05) is 23.6 Å². The second kappa shape index (κ2) is 5.52. The first-order chi connectivity index (χ1) is 11.2. The zero-order valence-electron chi connectivity index (χ0n) is 12.1. The molecule has 1 atom stereocenters. The average Bonchev–Trinajstić information content (AvgIpc) is 2.99. The lowest BCUT2D eigenvalue weighted by Crippen LogP contribution is -2.24. The van der Waals surface area contributed by atoms with Gasteiger partial charge in [0.1, 0.15) is 12.1 Å². The van der Waals surface area contributed by atoms with Crippen molar-refractivity contribution in [3.05, 3.63) is 71.4 Å². The number of amides is 1. The molecule has 1 aliphatic heterocycles. The molecule has 0 saturated heterocycles. The van der Waals surface area contributed by atoms with Gasteiger partial charge in [-0.05, 0) is 29.8 Å². The molecule has 1 amide bonds. The van der Waals surface area contributed by atoms with Crippen molar-refractivity contribution < 1.29 is 4.79 Å². The summed E-state index contributed by atoms with van der Waals surface area (Å²) in [6.45, 7) is 0. The van der Waals surface area contributed by atoms with E-state index < -0.39 is 0 Å². The molecule has 1 aliphatic rings. The van der Waals surface area contributed by atoms with Crippen molar-refractivity contribution in [2.24, 2.45) is 0 Å². The summed E-state index contributed by atoms with van der Waals surface area (Å²) in [5, 5.41) is 3.60. The molecule has 0 radical (unpaired) electrons. The molecule has 23 heavy (non-hydrogen) atoms. The Morgan fingerprint density at radius 2 is 2.04 bits per heavy atom. The maximum atomic E-state index is 12.2. The van der Waals surface area contributed by atoms with E-state index in [4.69, 9.17) is 11.6 Å². The third-order valence-electron chi connectivity index (χ3n) is 3.97.